The molecule has 0 spiro atoms. The lowest BCUT2D eigenvalue weighted by Gasteiger charge is -2.05. The van der Waals surface area contributed by atoms with Crippen LogP contribution >= 0.6 is 28.3 Å². The molecule has 0 radical (unpaired) electrons. The molecule has 0 aliphatic carbocycles. The van der Waals surface area contributed by atoms with Gasteiger partial charge in [-0.3, -0.25) is 0 Å². The molecule has 1 unspecified atom stereocenters. The largest absolute Gasteiger partial charge is 0.306 e. The Balaban J connectivity index is 0.000000720. The first kappa shape index (κ1) is 10.0. The average molecular weight is 249 g/mol. The third-order valence-corrected chi connectivity index (χ3v) is 2.87. The van der Waals surface area contributed by atoms with Crippen LogP contribution in [-0.2, 0) is 6.54 Å². The molecule has 0 saturated carbocycles. The van der Waals surface area contributed by atoms with E-state index in [1.807, 2.05) is 0 Å². The van der Waals surface area contributed by atoms with Crippen molar-refractivity contribution in [1.29, 1.82) is 0 Å². The van der Waals surface area contributed by atoms with Gasteiger partial charge in [0.2, 0.25) is 0 Å². The molecule has 1 aliphatic rings. The molecule has 0 fully saturated rings. The third-order valence-electron chi connectivity index (χ3n) is 2.17. The van der Waals surface area contributed by atoms with E-state index < -0.39 is 0 Å². The second-order valence-electron chi connectivity index (χ2n) is 2.92. The van der Waals surface area contributed by atoms with Gasteiger partial charge < -0.3 is 5.32 Å². The molecule has 1 atom stereocenters. The van der Waals surface area contributed by atoms with Crippen LogP contribution < -0.4 is 5.32 Å². The molecule has 1 aromatic rings. The average Bonchev–Trinajstić information content (AvgIpc) is 2.34. The van der Waals surface area contributed by atoms with Crippen molar-refractivity contribution in [1.82, 2.24) is 5.32 Å². The van der Waals surface area contributed by atoms with E-state index in [1.54, 1.807) is 0 Å². The van der Waals surface area contributed by atoms with Gasteiger partial charge in [0.1, 0.15) is 0 Å². The Morgan fingerprint density at radius 3 is 2.92 bits per heavy atom. The van der Waals surface area contributed by atoms with Crippen molar-refractivity contribution >= 4 is 28.3 Å². The van der Waals surface area contributed by atoms with Crippen LogP contribution in [0.2, 0.25) is 0 Å². The second-order valence-corrected chi connectivity index (χ2v) is 3.77. The van der Waals surface area contributed by atoms with E-state index >= 15 is 0 Å². The Hall–Kier alpha value is -0.0500. The van der Waals surface area contributed by atoms with Gasteiger partial charge >= 0.3 is 0 Å². The molecule has 1 aliphatic heterocycles. The van der Waals surface area contributed by atoms with Crippen LogP contribution in [0, 0.1) is 0 Å². The molecule has 66 valence electrons. The Labute approximate surface area is 87.1 Å². The molecule has 2 rings (SSSR count). The summed E-state index contributed by atoms with van der Waals surface area (Å²) in [6.45, 7) is 3.20. The number of fused-ring (bicyclic) bond motifs is 1. The summed E-state index contributed by atoms with van der Waals surface area (Å²) in [5.41, 5.74) is 2.85. The smallest absolute Gasteiger partial charge is 0.0309 e. The van der Waals surface area contributed by atoms with Gasteiger partial charge in [-0.15, -0.1) is 12.4 Å². The van der Waals surface area contributed by atoms with Crippen LogP contribution in [0.25, 0.3) is 0 Å². The molecule has 1 heterocycles. The van der Waals surface area contributed by atoms with Gasteiger partial charge in [-0.2, -0.15) is 0 Å². The van der Waals surface area contributed by atoms with E-state index in [-0.39, 0.29) is 12.4 Å². The van der Waals surface area contributed by atoms with Crippen molar-refractivity contribution in [2.75, 3.05) is 0 Å². The van der Waals surface area contributed by atoms with Crippen LogP contribution in [0.4, 0.5) is 0 Å². The molecule has 3 heteroatoms. The van der Waals surface area contributed by atoms with Crippen molar-refractivity contribution in [3.63, 3.8) is 0 Å². The Morgan fingerprint density at radius 1 is 1.50 bits per heavy atom. The molecule has 0 amide bonds. The maximum absolute atomic E-state index is 3.55. The van der Waals surface area contributed by atoms with Crippen LogP contribution in [-0.4, -0.2) is 0 Å². The summed E-state index contributed by atoms with van der Waals surface area (Å²) < 4.78 is 1.23. The summed E-state index contributed by atoms with van der Waals surface area (Å²) in [7, 11) is 0. The number of nitrogens with one attached hydrogen (secondary N) is 1. The van der Waals surface area contributed by atoms with Gasteiger partial charge in [0.15, 0.2) is 0 Å². The first-order valence-electron chi connectivity index (χ1n) is 3.79. The maximum Gasteiger partial charge on any atom is 0.0309 e. The van der Waals surface area contributed by atoms with Gasteiger partial charge in [0.25, 0.3) is 0 Å². The highest BCUT2D eigenvalue weighted by Gasteiger charge is 2.19. The van der Waals surface area contributed by atoms with Crippen molar-refractivity contribution < 1.29 is 0 Å². The fourth-order valence-corrected chi connectivity index (χ4v) is 2.34. The molecule has 1 aromatic carbocycles. The lowest BCUT2D eigenvalue weighted by Crippen LogP contribution is -2.07. The summed E-state index contributed by atoms with van der Waals surface area (Å²) in [4.78, 5) is 0. The predicted octanol–water partition coefficient (Wildman–Crippen LogP) is 3.04. The third kappa shape index (κ3) is 1.51. The zero-order valence-electron chi connectivity index (χ0n) is 6.80. The van der Waals surface area contributed by atoms with Gasteiger partial charge in [-0.1, -0.05) is 28.1 Å². The molecule has 0 aromatic heterocycles. The Bertz CT molecular complexity index is 288. The molecular formula is C9H11BrClN. The van der Waals surface area contributed by atoms with E-state index in [4.69, 9.17) is 0 Å². The zero-order chi connectivity index (χ0) is 7.84. The molecule has 0 bridgehead atoms. The highest BCUT2D eigenvalue weighted by molar-refractivity contribution is 9.10. The lowest BCUT2D eigenvalue weighted by atomic mass is 10.1. The Morgan fingerprint density at radius 2 is 2.25 bits per heavy atom. The maximum atomic E-state index is 3.55. The van der Waals surface area contributed by atoms with Crippen molar-refractivity contribution in [3.05, 3.63) is 33.8 Å². The summed E-state index contributed by atoms with van der Waals surface area (Å²) in [5, 5.41) is 3.40. The summed E-state index contributed by atoms with van der Waals surface area (Å²) in [6.07, 6.45) is 0. The van der Waals surface area contributed by atoms with Crippen LogP contribution in [0.1, 0.15) is 24.1 Å². The minimum atomic E-state index is 0. The fraction of sp³-hybridized carbons (Fsp3) is 0.333. The monoisotopic (exact) mass is 247 g/mol. The molecule has 0 saturated heterocycles. The number of rotatable bonds is 0. The van der Waals surface area contributed by atoms with Crippen LogP contribution in [0.3, 0.4) is 0 Å². The zero-order valence-corrected chi connectivity index (χ0v) is 9.21. The number of hydrogen-bond acceptors (Lipinski definition) is 1. The first-order valence-corrected chi connectivity index (χ1v) is 4.59. The summed E-state index contributed by atoms with van der Waals surface area (Å²) >= 11 is 3.55. The summed E-state index contributed by atoms with van der Waals surface area (Å²) in [6, 6.07) is 6.86. The van der Waals surface area contributed by atoms with Gasteiger partial charge in [0, 0.05) is 17.1 Å². The topological polar surface area (TPSA) is 12.0 Å². The van der Waals surface area contributed by atoms with E-state index in [0.717, 1.165) is 6.54 Å². The molecule has 12 heavy (non-hydrogen) atoms. The van der Waals surface area contributed by atoms with Crippen LogP contribution in [0.15, 0.2) is 22.7 Å². The molecular weight excluding hydrogens is 237 g/mol. The lowest BCUT2D eigenvalue weighted by molar-refractivity contribution is 0.632. The standard InChI is InChI=1S/C9H10BrN.ClH/c1-6-9-7(5-11-6)3-2-4-8(9)10;/h2-4,6,11H,5H2,1H3;1H. The SMILES string of the molecule is CC1NCc2cccc(Br)c21.Cl. The van der Waals surface area contributed by atoms with Gasteiger partial charge in [-0.05, 0) is 24.1 Å². The molecule has 1 nitrogen and oxygen atoms in total. The predicted molar refractivity (Wildman–Crippen MR) is 56.6 cm³/mol. The minimum absolute atomic E-state index is 0. The van der Waals surface area contributed by atoms with Crippen LogP contribution in [0.5, 0.6) is 0 Å². The van der Waals surface area contributed by atoms with Crippen molar-refractivity contribution in [3.8, 4) is 0 Å². The van der Waals surface area contributed by atoms with E-state index in [9.17, 15) is 0 Å². The minimum Gasteiger partial charge on any atom is -0.306 e. The highest BCUT2D eigenvalue weighted by atomic mass is 79.9. The first-order chi connectivity index (χ1) is 5.29. The molecule has 1 N–H and O–H groups in total. The van der Waals surface area contributed by atoms with E-state index in [0.29, 0.717) is 6.04 Å². The van der Waals surface area contributed by atoms with E-state index in [2.05, 4.69) is 46.4 Å². The number of benzene rings is 1. The van der Waals surface area contributed by atoms with Crippen molar-refractivity contribution in [2.45, 2.75) is 19.5 Å². The highest BCUT2D eigenvalue weighted by Crippen LogP contribution is 2.31. The Kier molecular flexibility index (Phi) is 3.16. The van der Waals surface area contributed by atoms with Gasteiger partial charge in [-0.25, -0.2) is 0 Å². The van der Waals surface area contributed by atoms with Crippen molar-refractivity contribution in [2.24, 2.45) is 0 Å². The number of halogens is 2. The number of hydrogen-bond donors (Lipinski definition) is 1. The second kappa shape index (κ2) is 3.77. The van der Waals surface area contributed by atoms with E-state index in [1.165, 1.54) is 15.6 Å². The quantitative estimate of drug-likeness (QED) is 0.744. The van der Waals surface area contributed by atoms with Gasteiger partial charge in [0.05, 0.1) is 0 Å². The fourth-order valence-electron chi connectivity index (χ4n) is 1.59. The summed E-state index contributed by atoms with van der Waals surface area (Å²) in [5.74, 6) is 0. The normalized spacial score (nSPS) is 20.0.